The Morgan fingerprint density at radius 1 is 1.14 bits per heavy atom. The van der Waals surface area contributed by atoms with Crippen LogP contribution in [-0.2, 0) is 6.42 Å². The fourth-order valence-corrected chi connectivity index (χ4v) is 3.72. The van der Waals surface area contributed by atoms with Crippen LogP contribution in [0.25, 0.3) is 5.57 Å². The third-order valence-corrected chi connectivity index (χ3v) is 4.86. The van der Waals surface area contributed by atoms with Gasteiger partial charge in [0.25, 0.3) is 0 Å². The monoisotopic (exact) mass is 293 g/mol. The summed E-state index contributed by atoms with van der Waals surface area (Å²) in [7, 11) is 4.30. The molecule has 2 unspecified atom stereocenters. The fraction of sp³-hybridized carbons (Fsp3) is 0.429. The topological polar surface area (TPSA) is 3.24 Å². The summed E-state index contributed by atoms with van der Waals surface area (Å²) in [5.41, 5.74) is 4.55. The largest absolute Gasteiger partial charge is 0.309 e. The van der Waals surface area contributed by atoms with E-state index < -0.39 is 0 Å². The summed E-state index contributed by atoms with van der Waals surface area (Å²) in [6.45, 7) is 1.11. The molecule has 0 aliphatic heterocycles. The lowest BCUT2D eigenvalue weighted by atomic mass is 9.74. The summed E-state index contributed by atoms with van der Waals surface area (Å²) < 4.78 is 0. The third-order valence-electron chi connectivity index (χ3n) is 4.86. The van der Waals surface area contributed by atoms with E-state index in [9.17, 15) is 0 Å². The highest BCUT2D eigenvalue weighted by atomic mass is 15.0. The quantitative estimate of drug-likeness (QED) is 0.779. The zero-order chi connectivity index (χ0) is 15.4. The molecule has 0 N–H and O–H groups in total. The van der Waals surface area contributed by atoms with Gasteiger partial charge in [-0.15, -0.1) is 0 Å². The summed E-state index contributed by atoms with van der Waals surface area (Å²) in [6.07, 6.45) is 16.7. The van der Waals surface area contributed by atoms with Crippen molar-refractivity contribution in [3.8, 4) is 0 Å². The molecule has 0 saturated carbocycles. The Morgan fingerprint density at radius 2 is 1.95 bits per heavy atom. The first-order valence-corrected chi connectivity index (χ1v) is 8.54. The minimum atomic E-state index is 0.550. The molecule has 0 spiro atoms. The maximum absolute atomic E-state index is 2.49. The molecule has 0 radical (unpaired) electrons. The van der Waals surface area contributed by atoms with Crippen molar-refractivity contribution >= 4 is 5.57 Å². The molecule has 0 heterocycles. The van der Waals surface area contributed by atoms with Crippen molar-refractivity contribution < 1.29 is 0 Å². The van der Waals surface area contributed by atoms with Crippen LogP contribution >= 0.6 is 0 Å². The lowest BCUT2D eigenvalue weighted by Gasteiger charge is -2.31. The molecule has 0 bridgehead atoms. The number of allylic oxidation sites excluding steroid dienone is 5. The van der Waals surface area contributed by atoms with E-state index in [4.69, 9.17) is 0 Å². The molecule has 0 aromatic heterocycles. The van der Waals surface area contributed by atoms with Crippen molar-refractivity contribution in [3.63, 3.8) is 0 Å². The Hall–Kier alpha value is -1.60. The molecule has 2 aliphatic carbocycles. The highest BCUT2D eigenvalue weighted by Gasteiger charge is 2.26. The van der Waals surface area contributed by atoms with Crippen molar-refractivity contribution in [2.24, 2.45) is 11.8 Å². The molecule has 1 heteroatoms. The fourth-order valence-electron chi connectivity index (χ4n) is 3.72. The van der Waals surface area contributed by atoms with Gasteiger partial charge < -0.3 is 4.90 Å². The number of hydrogen-bond acceptors (Lipinski definition) is 1. The van der Waals surface area contributed by atoms with Crippen LogP contribution in [0.3, 0.4) is 0 Å². The van der Waals surface area contributed by atoms with Gasteiger partial charge in [0.2, 0.25) is 0 Å². The number of fused-ring (bicyclic) bond motifs is 2. The van der Waals surface area contributed by atoms with Gasteiger partial charge in [0.05, 0.1) is 0 Å². The van der Waals surface area contributed by atoms with Gasteiger partial charge >= 0.3 is 0 Å². The summed E-state index contributed by atoms with van der Waals surface area (Å²) in [4.78, 5) is 2.26. The molecular weight excluding hydrogens is 266 g/mol. The molecule has 2 aliphatic rings. The first-order valence-electron chi connectivity index (χ1n) is 8.54. The maximum Gasteiger partial charge on any atom is 0.00869 e. The molecule has 0 fully saturated rings. The molecule has 22 heavy (non-hydrogen) atoms. The van der Waals surface area contributed by atoms with Crippen LogP contribution in [-0.4, -0.2) is 25.5 Å². The Labute approximate surface area is 135 Å². The van der Waals surface area contributed by atoms with E-state index in [1.54, 1.807) is 5.57 Å². The molecule has 3 rings (SSSR count). The smallest absolute Gasteiger partial charge is 0.00869 e. The summed E-state index contributed by atoms with van der Waals surface area (Å²) >= 11 is 0. The SMILES string of the molecule is CN(C)CC/C=C1/c2ccccc2CCCC2C=CC=CC12. The van der Waals surface area contributed by atoms with Crippen molar-refractivity contribution in [1.82, 2.24) is 4.90 Å². The van der Waals surface area contributed by atoms with Crippen LogP contribution in [0.1, 0.15) is 30.4 Å². The van der Waals surface area contributed by atoms with Crippen LogP contribution in [0.4, 0.5) is 0 Å². The van der Waals surface area contributed by atoms with Gasteiger partial charge in [-0.3, -0.25) is 0 Å². The summed E-state index contributed by atoms with van der Waals surface area (Å²) in [6, 6.07) is 9.02. The van der Waals surface area contributed by atoms with E-state index in [1.807, 2.05) is 0 Å². The van der Waals surface area contributed by atoms with Crippen LogP contribution in [0.2, 0.25) is 0 Å². The molecule has 1 nitrogen and oxygen atoms in total. The number of nitrogens with zero attached hydrogens (tertiary/aromatic N) is 1. The number of rotatable bonds is 3. The van der Waals surface area contributed by atoms with Gasteiger partial charge in [-0.2, -0.15) is 0 Å². The Morgan fingerprint density at radius 3 is 2.82 bits per heavy atom. The van der Waals surface area contributed by atoms with E-state index in [0.29, 0.717) is 11.8 Å². The lowest BCUT2D eigenvalue weighted by molar-refractivity contribution is 0.416. The van der Waals surface area contributed by atoms with Gasteiger partial charge in [0.1, 0.15) is 0 Å². The van der Waals surface area contributed by atoms with E-state index in [1.165, 1.54) is 30.4 Å². The second kappa shape index (κ2) is 7.11. The number of aryl methyl sites for hydroxylation is 1. The third kappa shape index (κ3) is 3.41. The van der Waals surface area contributed by atoms with Crippen LogP contribution in [0, 0.1) is 11.8 Å². The van der Waals surface area contributed by atoms with Gasteiger partial charge in [-0.1, -0.05) is 54.6 Å². The van der Waals surface area contributed by atoms with Gasteiger partial charge in [0.15, 0.2) is 0 Å². The van der Waals surface area contributed by atoms with Crippen LogP contribution in [0.15, 0.2) is 54.6 Å². The highest BCUT2D eigenvalue weighted by molar-refractivity contribution is 5.72. The van der Waals surface area contributed by atoms with Crippen LogP contribution in [0.5, 0.6) is 0 Å². The van der Waals surface area contributed by atoms with E-state index in [0.717, 1.165) is 13.0 Å². The van der Waals surface area contributed by atoms with E-state index in [2.05, 4.69) is 73.6 Å². The predicted octanol–water partition coefficient (Wildman–Crippen LogP) is 4.72. The standard InChI is InChI=1S/C21H27N/c1-22(2)16-8-15-21-19-13-5-3-9-17(19)11-7-12-18-10-4-6-14-20(18)21/h3-6,9-10,13-15,17,19H,7-8,11-12,16H2,1-2H3/b21-15+. The summed E-state index contributed by atoms with van der Waals surface area (Å²) in [5.74, 6) is 1.22. The molecule has 2 atom stereocenters. The van der Waals surface area contributed by atoms with Crippen LogP contribution < -0.4 is 0 Å². The Kier molecular flexibility index (Phi) is 4.94. The zero-order valence-electron chi connectivity index (χ0n) is 13.8. The number of benzene rings is 1. The van der Waals surface area contributed by atoms with E-state index in [-0.39, 0.29) is 0 Å². The average molecular weight is 293 g/mol. The maximum atomic E-state index is 2.49. The second-order valence-corrected chi connectivity index (χ2v) is 6.76. The average Bonchev–Trinajstić information content (AvgIpc) is 2.51. The minimum Gasteiger partial charge on any atom is -0.309 e. The highest BCUT2D eigenvalue weighted by Crippen LogP contribution is 2.39. The van der Waals surface area contributed by atoms with Gasteiger partial charge in [-0.25, -0.2) is 0 Å². The molecule has 0 amide bonds. The number of hydrogen-bond donors (Lipinski definition) is 0. The first kappa shape index (κ1) is 15.3. The molecule has 1 aromatic carbocycles. The molecular formula is C21H27N. The van der Waals surface area contributed by atoms with Crippen molar-refractivity contribution in [2.75, 3.05) is 20.6 Å². The van der Waals surface area contributed by atoms with Gasteiger partial charge in [0, 0.05) is 12.5 Å². The predicted molar refractivity (Wildman–Crippen MR) is 95.8 cm³/mol. The molecule has 0 saturated heterocycles. The lowest BCUT2D eigenvalue weighted by Crippen LogP contribution is -2.19. The Balaban J connectivity index is 1.98. The van der Waals surface area contributed by atoms with Crippen molar-refractivity contribution in [1.29, 1.82) is 0 Å². The minimum absolute atomic E-state index is 0.550. The second-order valence-electron chi connectivity index (χ2n) is 6.76. The molecule has 1 aromatic rings. The zero-order valence-corrected chi connectivity index (χ0v) is 13.8. The normalized spacial score (nSPS) is 25.7. The van der Waals surface area contributed by atoms with E-state index >= 15 is 0 Å². The van der Waals surface area contributed by atoms with Gasteiger partial charge in [-0.05, 0) is 62.4 Å². The van der Waals surface area contributed by atoms with Crippen molar-refractivity contribution in [3.05, 3.63) is 65.8 Å². The first-order chi connectivity index (χ1) is 10.8. The molecule has 116 valence electrons. The summed E-state index contributed by atoms with van der Waals surface area (Å²) in [5, 5.41) is 0. The van der Waals surface area contributed by atoms with Crippen molar-refractivity contribution in [2.45, 2.75) is 25.7 Å². The Bertz CT molecular complexity index is 592.